The van der Waals surface area contributed by atoms with Crippen molar-refractivity contribution < 1.29 is 18.6 Å². The summed E-state index contributed by atoms with van der Waals surface area (Å²) in [6.07, 6.45) is 0. The molecule has 3 rings (SSSR count). The lowest BCUT2D eigenvalue weighted by Crippen LogP contribution is -2.32. The maximum absolute atomic E-state index is 13.2. The molecule has 11 heteroatoms. The first-order chi connectivity index (χ1) is 14.4. The Morgan fingerprint density at radius 1 is 1.20 bits per heavy atom. The second-order valence-corrected chi connectivity index (χ2v) is 7.53. The van der Waals surface area contributed by atoms with Gasteiger partial charge in [0.05, 0.1) is 5.02 Å². The highest BCUT2D eigenvalue weighted by molar-refractivity contribution is 9.10. The minimum atomic E-state index is -0.460. The number of ether oxygens (including phenoxy) is 1. The standard InChI is InChI=1S/C19H18BrClFN5O3/c20-13-2-4-16(29-10-11-1-3-14(22)8-15(11)21)12(7-13)9-24-5-6-25-19(28)17-18(23)27-30-26-17/h1-4,7-8,24H,5-6,9-10H2,(H2,23,27)(H,25,28). The molecule has 1 amide bonds. The quantitative estimate of drug-likeness (QED) is 0.388. The Kier molecular flexibility index (Phi) is 7.61. The number of hydrogen-bond acceptors (Lipinski definition) is 7. The number of carbonyl (C=O) groups is 1. The predicted molar refractivity (Wildman–Crippen MR) is 113 cm³/mol. The summed E-state index contributed by atoms with van der Waals surface area (Å²) < 4.78 is 24.4. The lowest BCUT2D eigenvalue weighted by atomic mass is 10.2. The van der Waals surface area contributed by atoms with Crippen LogP contribution in [-0.2, 0) is 13.2 Å². The zero-order chi connectivity index (χ0) is 21.5. The van der Waals surface area contributed by atoms with Crippen LogP contribution in [0.2, 0.25) is 5.02 Å². The summed E-state index contributed by atoms with van der Waals surface area (Å²) >= 11 is 9.50. The van der Waals surface area contributed by atoms with Crippen molar-refractivity contribution in [2.75, 3.05) is 18.8 Å². The zero-order valence-electron chi connectivity index (χ0n) is 15.6. The minimum Gasteiger partial charge on any atom is -0.489 e. The molecule has 0 saturated heterocycles. The van der Waals surface area contributed by atoms with Gasteiger partial charge >= 0.3 is 0 Å². The van der Waals surface area contributed by atoms with Gasteiger partial charge in [-0.2, -0.15) is 0 Å². The third-order valence-electron chi connectivity index (χ3n) is 4.05. The summed E-state index contributed by atoms with van der Waals surface area (Å²) in [7, 11) is 0. The van der Waals surface area contributed by atoms with E-state index in [1.165, 1.54) is 12.1 Å². The summed E-state index contributed by atoms with van der Waals surface area (Å²) in [4.78, 5) is 11.9. The summed E-state index contributed by atoms with van der Waals surface area (Å²) in [6.45, 7) is 1.54. The topological polar surface area (TPSA) is 115 Å². The van der Waals surface area contributed by atoms with Crippen LogP contribution in [0.25, 0.3) is 0 Å². The fraction of sp³-hybridized carbons (Fsp3) is 0.211. The Hall–Kier alpha value is -2.69. The smallest absolute Gasteiger partial charge is 0.277 e. The second-order valence-electron chi connectivity index (χ2n) is 6.21. The number of nitrogens with zero attached hydrogens (tertiary/aromatic N) is 2. The van der Waals surface area contributed by atoms with Crippen LogP contribution in [-0.4, -0.2) is 29.3 Å². The fourth-order valence-corrected chi connectivity index (χ4v) is 3.18. The van der Waals surface area contributed by atoms with Crippen LogP contribution < -0.4 is 21.1 Å². The number of amides is 1. The Bertz CT molecular complexity index is 1030. The van der Waals surface area contributed by atoms with Crippen molar-refractivity contribution in [1.82, 2.24) is 20.9 Å². The van der Waals surface area contributed by atoms with E-state index in [0.29, 0.717) is 36.0 Å². The number of hydrogen-bond donors (Lipinski definition) is 3. The van der Waals surface area contributed by atoms with Gasteiger partial charge in [-0.1, -0.05) is 33.6 Å². The molecule has 30 heavy (non-hydrogen) atoms. The maximum Gasteiger partial charge on any atom is 0.277 e. The Labute approximate surface area is 185 Å². The molecule has 0 aliphatic heterocycles. The van der Waals surface area contributed by atoms with Crippen molar-refractivity contribution >= 4 is 39.3 Å². The van der Waals surface area contributed by atoms with Crippen LogP contribution in [0, 0.1) is 5.82 Å². The highest BCUT2D eigenvalue weighted by Gasteiger charge is 2.15. The van der Waals surface area contributed by atoms with Crippen molar-refractivity contribution in [3.8, 4) is 5.75 Å². The number of aromatic nitrogens is 2. The lowest BCUT2D eigenvalue weighted by molar-refractivity contribution is 0.0944. The Morgan fingerprint density at radius 3 is 2.77 bits per heavy atom. The van der Waals surface area contributed by atoms with Crippen LogP contribution in [0.3, 0.4) is 0 Å². The van der Waals surface area contributed by atoms with E-state index in [9.17, 15) is 9.18 Å². The number of anilines is 1. The van der Waals surface area contributed by atoms with Crippen molar-refractivity contribution in [3.63, 3.8) is 0 Å². The summed E-state index contributed by atoms with van der Waals surface area (Å²) in [5, 5.41) is 13.0. The molecular formula is C19H18BrClFN5O3. The van der Waals surface area contributed by atoms with Crippen LogP contribution in [0.15, 0.2) is 45.5 Å². The van der Waals surface area contributed by atoms with E-state index < -0.39 is 11.7 Å². The number of nitrogen functional groups attached to an aromatic ring is 1. The van der Waals surface area contributed by atoms with Gasteiger partial charge in [0.25, 0.3) is 5.91 Å². The second kappa shape index (κ2) is 10.4. The van der Waals surface area contributed by atoms with E-state index in [1.807, 2.05) is 18.2 Å². The first-order valence-corrected chi connectivity index (χ1v) is 10.0. The molecule has 1 heterocycles. The summed E-state index contributed by atoms with van der Waals surface area (Å²) in [5.41, 5.74) is 7.02. The van der Waals surface area contributed by atoms with Crippen LogP contribution in [0.5, 0.6) is 5.75 Å². The van der Waals surface area contributed by atoms with E-state index in [1.54, 1.807) is 6.07 Å². The van der Waals surface area contributed by atoms with Crippen molar-refractivity contribution in [3.05, 3.63) is 68.5 Å². The first-order valence-electron chi connectivity index (χ1n) is 8.86. The number of nitrogens with two attached hydrogens (primary N) is 1. The van der Waals surface area contributed by atoms with Gasteiger partial charge in [0.15, 0.2) is 0 Å². The summed E-state index contributed by atoms with van der Waals surface area (Å²) in [5.74, 6) is -0.251. The largest absolute Gasteiger partial charge is 0.489 e. The van der Waals surface area contributed by atoms with Crippen molar-refractivity contribution in [2.45, 2.75) is 13.2 Å². The van der Waals surface area contributed by atoms with Gasteiger partial charge in [0.1, 0.15) is 18.2 Å². The predicted octanol–water partition coefficient (Wildman–Crippen LogP) is 3.31. The molecule has 0 aliphatic carbocycles. The molecule has 0 spiro atoms. The molecule has 4 N–H and O–H groups in total. The van der Waals surface area contributed by atoms with E-state index in [2.05, 4.69) is 41.5 Å². The number of benzene rings is 2. The zero-order valence-corrected chi connectivity index (χ0v) is 18.0. The first kappa shape index (κ1) is 22.0. The van der Waals surface area contributed by atoms with Gasteiger partial charge in [-0.05, 0) is 40.6 Å². The molecular weight excluding hydrogens is 481 g/mol. The van der Waals surface area contributed by atoms with Crippen molar-refractivity contribution in [2.24, 2.45) is 0 Å². The van der Waals surface area contributed by atoms with Gasteiger partial charge < -0.3 is 21.1 Å². The average Bonchev–Trinajstić information content (AvgIpc) is 3.14. The average molecular weight is 499 g/mol. The molecule has 8 nitrogen and oxygen atoms in total. The number of halogens is 3. The van der Waals surface area contributed by atoms with Crippen LogP contribution in [0.1, 0.15) is 21.6 Å². The highest BCUT2D eigenvalue weighted by Crippen LogP contribution is 2.25. The van der Waals surface area contributed by atoms with E-state index in [-0.39, 0.29) is 18.1 Å². The molecule has 0 fully saturated rings. The van der Waals surface area contributed by atoms with Gasteiger partial charge in [0, 0.05) is 35.2 Å². The molecule has 158 valence electrons. The molecule has 0 saturated carbocycles. The molecule has 3 aromatic rings. The minimum absolute atomic E-state index is 0.0443. The third kappa shape index (κ3) is 5.91. The Morgan fingerprint density at radius 2 is 2.03 bits per heavy atom. The number of rotatable bonds is 9. The normalized spacial score (nSPS) is 10.8. The van der Waals surface area contributed by atoms with E-state index in [4.69, 9.17) is 22.1 Å². The fourth-order valence-electron chi connectivity index (χ4n) is 2.55. The van der Waals surface area contributed by atoms with Crippen LogP contribution in [0.4, 0.5) is 10.2 Å². The van der Waals surface area contributed by atoms with Gasteiger partial charge in [-0.15, -0.1) is 0 Å². The lowest BCUT2D eigenvalue weighted by Gasteiger charge is -2.14. The molecule has 0 aliphatic rings. The Balaban J connectivity index is 1.51. The molecule has 0 unspecified atom stereocenters. The highest BCUT2D eigenvalue weighted by atomic mass is 79.9. The van der Waals surface area contributed by atoms with Gasteiger partial charge in [-0.25, -0.2) is 9.02 Å². The van der Waals surface area contributed by atoms with Gasteiger partial charge in [-0.3, -0.25) is 4.79 Å². The molecule has 2 aromatic carbocycles. The molecule has 1 aromatic heterocycles. The molecule has 0 bridgehead atoms. The maximum atomic E-state index is 13.2. The van der Waals surface area contributed by atoms with Crippen molar-refractivity contribution in [1.29, 1.82) is 0 Å². The SMILES string of the molecule is Nc1nonc1C(=O)NCCNCc1cc(Br)ccc1OCc1ccc(F)cc1Cl. The van der Waals surface area contributed by atoms with E-state index in [0.717, 1.165) is 10.0 Å². The third-order valence-corrected chi connectivity index (χ3v) is 4.90. The van der Waals surface area contributed by atoms with Crippen LogP contribution >= 0.6 is 27.5 Å². The molecule has 0 radical (unpaired) electrons. The van der Waals surface area contributed by atoms with Gasteiger partial charge in [0.2, 0.25) is 11.5 Å². The molecule has 0 atom stereocenters. The van der Waals surface area contributed by atoms with E-state index >= 15 is 0 Å². The number of nitrogens with one attached hydrogen (secondary N) is 2. The monoisotopic (exact) mass is 497 g/mol. The summed E-state index contributed by atoms with van der Waals surface area (Å²) in [6, 6.07) is 9.80. The number of carbonyl (C=O) groups excluding carboxylic acids is 1.